The third-order valence-corrected chi connectivity index (χ3v) is 3.05. The number of hydrogen-bond acceptors (Lipinski definition) is 2. The van der Waals surface area contributed by atoms with Crippen molar-refractivity contribution in [3.05, 3.63) is 29.6 Å². The van der Waals surface area contributed by atoms with Gasteiger partial charge in [-0.3, -0.25) is 4.79 Å². The Morgan fingerprint density at radius 1 is 1.38 bits per heavy atom. The van der Waals surface area contributed by atoms with Crippen molar-refractivity contribution in [1.29, 1.82) is 0 Å². The number of ketones is 1. The van der Waals surface area contributed by atoms with Gasteiger partial charge in [0.1, 0.15) is 11.6 Å². The first-order chi connectivity index (χ1) is 7.56. The largest absolute Gasteiger partial charge is 0.368 e. The second kappa shape index (κ2) is 4.24. The van der Waals surface area contributed by atoms with Crippen LogP contribution < -0.4 is 4.90 Å². The van der Waals surface area contributed by atoms with Crippen LogP contribution in [0.4, 0.5) is 10.1 Å². The summed E-state index contributed by atoms with van der Waals surface area (Å²) in [5.74, 6) is 0.0935. The van der Waals surface area contributed by atoms with Crippen molar-refractivity contribution in [1.82, 2.24) is 0 Å². The van der Waals surface area contributed by atoms with Crippen molar-refractivity contribution >= 4 is 11.5 Å². The molecule has 1 saturated heterocycles. The number of rotatable bonds is 1. The zero-order chi connectivity index (χ0) is 11.7. The van der Waals surface area contributed by atoms with Gasteiger partial charge in [-0.1, -0.05) is 0 Å². The number of piperidine rings is 1. The highest BCUT2D eigenvalue weighted by molar-refractivity contribution is 5.81. The molecule has 1 fully saturated rings. The number of aryl methyl sites for hydroxylation is 1. The highest BCUT2D eigenvalue weighted by Gasteiger charge is 2.23. The average molecular weight is 221 g/mol. The number of anilines is 1. The molecular weight excluding hydrogens is 205 g/mol. The second-order valence-electron chi connectivity index (χ2n) is 4.52. The van der Waals surface area contributed by atoms with E-state index in [2.05, 4.69) is 4.90 Å². The third kappa shape index (κ3) is 2.23. The highest BCUT2D eigenvalue weighted by Crippen LogP contribution is 2.24. The van der Waals surface area contributed by atoms with Crippen LogP contribution in [0.2, 0.25) is 0 Å². The van der Waals surface area contributed by atoms with Crippen molar-refractivity contribution < 1.29 is 9.18 Å². The van der Waals surface area contributed by atoms with E-state index in [0.717, 1.165) is 11.3 Å². The van der Waals surface area contributed by atoms with Crippen LogP contribution >= 0.6 is 0 Å². The maximum absolute atomic E-state index is 13.3. The highest BCUT2D eigenvalue weighted by atomic mass is 19.1. The Balaban J connectivity index is 2.26. The summed E-state index contributed by atoms with van der Waals surface area (Å²) < 4.78 is 13.3. The van der Waals surface area contributed by atoms with E-state index in [9.17, 15) is 9.18 Å². The van der Waals surface area contributed by atoms with Crippen molar-refractivity contribution in [3.8, 4) is 0 Å². The number of hydrogen-bond donors (Lipinski definition) is 0. The van der Waals surface area contributed by atoms with Crippen molar-refractivity contribution in [3.63, 3.8) is 0 Å². The van der Waals surface area contributed by atoms with Gasteiger partial charge in [-0.2, -0.15) is 0 Å². The summed E-state index contributed by atoms with van der Waals surface area (Å²) in [7, 11) is 0. The molecule has 1 atom stereocenters. The summed E-state index contributed by atoms with van der Waals surface area (Å²) in [5.41, 5.74) is 1.80. The molecule has 0 radical (unpaired) electrons. The molecule has 1 unspecified atom stereocenters. The molecule has 1 heterocycles. The monoisotopic (exact) mass is 221 g/mol. The fourth-order valence-electron chi connectivity index (χ4n) is 2.27. The summed E-state index contributed by atoms with van der Waals surface area (Å²) in [6, 6.07) is 5.19. The van der Waals surface area contributed by atoms with Gasteiger partial charge in [0.2, 0.25) is 0 Å². The van der Waals surface area contributed by atoms with Crippen LogP contribution in [-0.4, -0.2) is 18.4 Å². The molecule has 0 spiro atoms. The average Bonchev–Trinajstić information content (AvgIpc) is 2.15. The van der Waals surface area contributed by atoms with E-state index in [4.69, 9.17) is 0 Å². The van der Waals surface area contributed by atoms with Crippen molar-refractivity contribution in [2.75, 3.05) is 11.4 Å². The van der Waals surface area contributed by atoms with Gasteiger partial charge < -0.3 is 4.90 Å². The lowest BCUT2D eigenvalue weighted by atomic mass is 10.0. The fourth-order valence-corrected chi connectivity index (χ4v) is 2.27. The number of Topliss-reactive ketones (excluding diaryl/α,β-unsaturated/α-hetero) is 1. The van der Waals surface area contributed by atoms with Crippen LogP contribution in [0.5, 0.6) is 0 Å². The molecule has 0 saturated carbocycles. The summed E-state index contributed by atoms with van der Waals surface area (Å²) in [5, 5.41) is 0. The Morgan fingerprint density at radius 2 is 2.12 bits per heavy atom. The van der Waals surface area contributed by atoms with Gasteiger partial charge >= 0.3 is 0 Å². The molecule has 0 aliphatic carbocycles. The number of nitrogens with zero attached hydrogens (tertiary/aromatic N) is 1. The maximum Gasteiger partial charge on any atom is 0.136 e. The van der Waals surface area contributed by atoms with E-state index in [-0.39, 0.29) is 11.9 Å². The molecule has 0 N–H and O–H groups in total. The smallest absolute Gasteiger partial charge is 0.136 e. The van der Waals surface area contributed by atoms with E-state index in [1.807, 2.05) is 19.9 Å². The zero-order valence-electron chi connectivity index (χ0n) is 9.66. The standard InChI is InChI=1S/C13H16FNO/c1-9-5-11(14)8-12(6-9)15-4-3-13(16)7-10(15)2/h5-6,8,10H,3-4,7H2,1-2H3. The van der Waals surface area contributed by atoms with Gasteiger partial charge in [0, 0.05) is 31.1 Å². The minimum Gasteiger partial charge on any atom is -0.368 e. The number of carbonyl (C=O) groups is 1. The van der Waals surface area contributed by atoms with Crippen LogP contribution in [0.25, 0.3) is 0 Å². The molecule has 0 amide bonds. The fraction of sp³-hybridized carbons (Fsp3) is 0.462. The topological polar surface area (TPSA) is 20.3 Å². The second-order valence-corrected chi connectivity index (χ2v) is 4.52. The normalized spacial score (nSPS) is 21.3. The Bertz CT molecular complexity index is 396. The molecule has 1 aliphatic rings. The zero-order valence-corrected chi connectivity index (χ0v) is 9.66. The summed E-state index contributed by atoms with van der Waals surface area (Å²) in [6.45, 7) is 4.59. The van der Waals surface area contributed by atoms with E-state index in [0.29, 0.717) is 25.2 Å². The van der Waals surface area contributed by atoms with Crippen molar-refractivity contribution in [2.45, 2.75) is 32.7 Å². The third-order valence-electron chi connectivity index (χ3n) is 3.05. The summed E-state index contributed by atoms with van der Waals surface area (Å²) >= 11 is 0. The van der Waals surface area contributed by atoms with Gasteiger partial charge in [0.05, 0.1) is 0 Å². The first kappa shape index (κ1) is 11.1. The predicted octanol–water partition coefficient (Wildman–Crippen LogP) is 2.69. The molecular formula is C13H16FNO. The molecule has 16 heavy (non-hydrogen) atoms. The molecule has 2 nitrogen and oxygen atoms in total. The van der Waals surface area contributed by atoms with Crippen molar-refractivity contribution in [2.24, 2.45) is 0 Å². The van der Waals surface area contributed by atoms with E-state index in [1.54, 1.807) is 6.07 Å². The Morgan fingerprint density at radius 3 is 2.75 bits per heavy atom. The number of carbonyl (C=O) groups excluding carboxylic acids is 1. The lowest BCUT2D eigenvalue weighted by molar-refractivity contribution is -0.120. The number of benzene rings is 1. The van der Waals surface area contributed by atoms with Crippen LogP contribution in [0.15, 0.2) is 18.2 Å². The van der Waals surface area contributed by atoms with E-state index >= 15 is 0 Å². The first-order valence-electron chi connectivity index (χ1n) is 5.62. The molecule has 3 heteroatoms. The summed E-state index contributed by atoms with van der Waals surface area (Å²) in [6.07, 6.45) is 1.13. The van der Waals surface area contributed by atoms with Gasteiger partial charge in [-0.25, -0.2) is 4.39 Å². The van der Waals surface area contributed by atoms with Crippen LogP contribution in [-0.2, 0) is 4.79 Å². The quantitative estimate of drug-likeness (QED) is 0.726. The molecule has 0 aromatic heterocycles. The molecule has 2 rings (SSSR count). The Hall–Kier alpha value is -1.38. The summed E-state index contributed by atoms with van der Waals surface area (Å²) in [4.78, 5) is 13.4. The first-order valence-corrected chi connectivity index (χ1v) is 5.62. The van der Waals surface area contributed by atoms with Gasteiger partial charge in [0.25, 0.3) is 0 Å². The Labute approximate surface area is 95.1 Å². The molecule has 0 bridgehead atoms. The number of halogens is 1. The lowest BCUT2D eigenvalue weighted by Gasteiger charge is -2.34. The van der Waals surface area contributed by atoms with Gasteiger partial charge in [-0.05, 0) is 37.6 Å². The molecule has 1 aromatic rings. The van der Waals surface area contributed by atoms with E-state index < -0.39 is 0 Å². The SMILES string of the molecule is Cc1cc(F)cc(N2CCC(=O)CC2C)c1. The van der Waals surface area contributed by atoms with Gasteiger partial charge in [-0.15, -0.1) is 0 Å². The maximum atomic E-state index is 13.3. The molecule has 86 valence electrons. The Kier molecular flexibility index (Phi) is 2.95. The lowest BCUT2D eigenvalue weighted by Crippen LogP contribution is -2.41. The minimum atomic E-state index is -0.209. The van der Waals surface area contributed by atoms with Crippen LogP contribution in [0.3, 0.4) is 0 Å². The minimum absolute atomic E-state index is 0.169. The van der Waals surface area contributed by atoms with Gasteiger partial charge in [0.15, 0.2) is 0 Å². The molecule has 1 aromatic carbocycles. The van der Waals surface area contributed by atoms with Crippen LogP contribution in [0, 0.1) is 12.7 Å². The van der Waals surface area contributed by atoms with Crippen LogP contribution in [0.1, 0.15) is 25.3 Å². The predicted molar refractivity (Wildman–Crippen MR) is 62.2 cm³/mol. The van der Waals surface area contributed by atoms with E-state index in [1.165, 1.54) is 6.07 Å². The molecule has 1 aliphatic heterocycles.